The van der Waals surface area contributed by atoms with Crippen molar-refractivity contribution in [2.24, 2.45) is 5.92 Å². The summed E-state index contributed by atoms with van der Waals surface area (Å²) in [6, 6.07) is 5.28. The minimum atomic E-state index is -3.11. The first-order chi connectivity index (χ1) is 11.1. The second-order valence-corrected chi connectivity index (χ2v) is 11.5. The van der Waals surface area contributed by atoms with Crippen LogP contribution in [0.25, 0.3) is 0 Å². The number of hydrogen-bond acceptors (Lipinski definition) is 3. The van der Waals surface area contributed by atoms with Gasteiger partial charge in [-0.15, -0.1) is 0 Å². The van der Waals surface area contributed by atoms with Crippen LogP contribution >= 0.6 is 11.6 Å². The molecule has 0 bridgehead atoms. The Labute approximate surface area is 147 Å². The second kappa shape index (κ2) is 5.80. The lowest BCUT2D eigenvalue weighted by Crippen LogP contribution is -2.44. The molecule has 1 saturated heterocycles. The average Bonchev–Trinajstić information content (AvgIpc) is 2.88. The molecule has 1 spiro atoms. The number of halogens is 2. The van der Waals surface area contributed by atoms with Gasteiger partial charge in [0.05, 0.1) is 11.8 Å². The van der Waals surface area contributed by atoms with Gasteiger partial charge < -0.3 is 18.9 Å². The number of fused-ring (bicyclic) bond motifs is 2. The molecule has 1 aromatic carbocycles. The van der Waals surface area contributed by atoms with Gasteiger partial charge in [0, 0.05) is 35.7 Å². The van der Waals surface area contributed by atoms with E-state index in [4.69, 9.17) is 16.3 Å². The van der Waals surface area contributed by atoms with Crippen molar-refractivity contribution in [2.75, 3.05) is 18.6 Å². The number of carbonyl (C=O) groups excluding carboxylic acids is 1. The lowest BCUT2D eigenvalue weighted by atomic mass is 9.82. The fourth-order valence-corrected chi connectivity index (χ4v) is 7.24. The highest BCUT2D eigenvalue weighted by Crippen LogP contribution is 2.60. The van der Waals surface area contributed by atoms with Crippen molar-refractivity contribution in [3.05, 3.63) is 28.8 Å². The highest BCUT2D eigenvalue weighted by atomic mass is 35.5. The second-order valence-electron chi connectivity index (χ2n) is 7.31. The highest BCUT2D eigenvalue weighted by Gasteiger charge is 2.66. The Morgan fingerprint density at radius 2 is 2.12 bits per heavy atom. The SMILES string of the molecule is C[C@H]1[C@H]([Si](C)(C)F)[C@@H](CCO)O[C@]12C(=O)N(C)c1ccc(Cl)cc12. The average molecular weight is 372 g/mol. The lowest BCUT2D eigenvalue weighted by molar-refractivity contribution is -0.146. The van der Waals surface area contributed by atoms with Crippen molar-refractivity contribution in [2.45, 2.75) is 43.7 Å². The molecule has 2 aliphatic heterocycles. The molecule has 132 valence electrons. The Morgan fingerprint density at radius 1 is 1.46 bits per heavy atom. The molecule has 0 unspecified atom stereocenters. The summed E-state index contributed by atoms with van der Waals surface area (Å²) in [6.45, 7) is 5.07. The molecule has 3 rings (SSSR count). The highest BCUT2D eigenvalue weighted by molar-refractivity contribution is 6.72. The molecule has 7 heteroatoms. The van der Waals surface area contributed by atoms with Crippen molar-refractivity contribution in [1.29, 1.82) is 0 Å². The summed E-state index contributed by atoms with van der Waals surface area (Å²) in [5.41, 5.74) is -0.126. The number of anilines is 1. The molecule has 2 heterocycles. The van der Waals surface area contributed by atoms with Crippen molar-refractivity contribution >= 4 is 31.6 Å². The van der Waals surface area contributed by atoms with Gasteiger partial charge in [-0.05, 0) is 37.7 Å². The number of benzene rings is 1. The number of ether oxygens (including phenoxy) is 1. The molecule has 0 aromatic heterocycles. The molecule has 0 radical (unpaired) electrons. The first-order valence-electron chi connectivity index (χ1n) is 8.20. The summed E-state index contributed by atoms with van der Waals surface area (Å²) in [4.78, 5) is 14.7. The maximum atomic E-state index is 15.1. The topological polar surface area (TPSA) is 49.8 Å². The van der Waals surface area contributed by atoms with Gasteiger partial charge in [0.15, 0.2) is 5.60 Å². The van der Waals surface area contributed by atoms with E-state index in [2.05, 4.69) is 0 Å². The van der Waals surface area contributed by atoms with E-state index in [0.29, 0.717) is 17.0 Å². The third-order valence-electron chi connectivity index (χ3n) is 5.47. The van der Waals surface area contributed by atoms with Crippen LogP contribution in [-0.2, 0) is 15.1 Å². The van der Waals surface area contributed by atoms with Gasteiger partial charge in [-0.3, -0.25) is 4.79 Å². The van der Waals surface area contributed by atoms with E-state index in [-0.39, 0.29) is 24.0 Å². The molecule has 1 amide bonds. The summed E-state index contributed by atoms with van der Waals surface area (Å²) in [7, 11) is -1.41. The summed E-state index contributed by atoms with van der Waals surface area (Å²) in [5.74, 6) is -0.508. The van der Waals surface area contributed by atoms with Crippen LogP contribution in [0.15, 0.2) is 18.2 Å². The van der Waals surface area contributed by atoms with Crippen LogP contribution < -0.4 is 4.90 Å². The zero-order valence-electron chi connectivity index (χ0n) is 14.3. The molecule has 1 aromatic rings. The number of nitrogens with zero attached hydrogens (tertiary/aromatic N) is 1. The molecule has 1 fully saturated rings. The van der Waals surface area contributed by atoms with Gasteiger partial charge in [0.25, 0.3) is 5.91 Å². The van der Waals surface area contributed by atoms with E-state index >= 15 is 4.11 Å². The minimum Gasteiger partial charge on any atom is -0.396 e. The first kappa shape index (κ1) is 17.9. The number of likely N-dealkylation sites (N-methyl/N-ethyl adjacent to an activating group) is 1. The number of aliphatic hydroxyl groups is 1. The minimum absolute atomic E-state index is 0.0963. The number of aliphatic hydroxyl groups excluding tert-OH is 1. The van der Waals surface area contributed by atoms with Crippen LogP contribution in [0.2, 0.25) is 23.7 Å². The van der Waals surface area contributed by atoms with Crippen LogP contribution in [0.1, 0.15) is 18.9 Å². The van der Waals surface area contributed by atoms with Crippen LogP contribution in [0, 0.1) is 5.92 Å². The van der Waals surface area contributed by atoms with Gasteiger partial charge >= 0.3 is 0 Å². The normalized spacial score (nSPS) is 32.7. The maximum Gasteiger partial charge on any atom is 0.264 e. The fourth-order valence-electron chi connectivity index (χ4n) is 4.52. The number of amides is 1. The first-order valence-corrected chi connectivity index (χ1v) is 11.5. The van der Waals surface area contributed by atoms with Gasteiger partial charge in [0.2, 0.25) is 8.41 Å². The summed E-state index contributed by atoms with van der Waals surface area (Å²) in [5, 5.41) is 9.90. The van der Waals surface area contributed by atoms with E-state index in [1.807, 2.05) is 6.92 Å². The molecule has 2 aliphatic rings. The summed E-state index contributed by atoms with van der Waals surface area (Å²) < 4.78 is 21.3. The Bertz CT molecular complexity index is 680. The smallest absolute Gasteiger partial charge is 0.264 e. The molecule has 1 N–H and O–H groups in total. The van der Waals surface area contributed by atoms with E-state index in [0.717, 1.165) is 5.69 Å². The quantitative estimate of drug-likeness (QED) is 0.653. The summed E-state index contributed by atoms with van der Waals surface area (Å²) >= 11 is 6.16. The van der Waals surface area contributed by atoms with Crippen molar-refractivity contribution in [3.8, 4) is 0 Å². The molecule has 0 aliphatic carbocycles. The van der Waals surface area contributed by atoms with Gasteiger partial charge in [0.1, 0.15) is 0 Å². The van der Waals surface area contributed by atoms with Gasteiger partial charge in [-0.2, -0.15) is 0 Å². The zero-order valence-corrected chi connectivity index (χ0v) is 16.1. The zero-order chi connectivity index (χ0) is 17.9. The predicted molar refractivity (Wildman–Crippen MR) is 94.6 cm³/mol. The Balaban J connectivity index is 2.17. The molecule has 4 atom stereocenters. The van der Waals surface area contributed by atoms with Gasteiger partial charge in [-0.25, -0.2) is 0 Å². The van der Waals surface area contributed by atoms with Crippen LogP contribution in [0.3, 0.4) is 0 Å². The number of hydrogen-bond donors (Lipinski definition) is 1. The van der Waals surface area contributed by atoms with Crippen LogP contribution in [0.5, 0.6) is 0 Å². The van der Waals surface area contributed by atoms with E-state index in [1.54, 1.807) is 43.2 Å². The third-order valence-corrected chi connectivity index (χ3v) is 8.16. The van der Waals surface area contributed by atoms with Crippen molar-refractivity contribution in [3.63, 3.8) is 0 Å². The Morgan fingerprint density at radius 3 is 2.71 bits per heavy atom. The number of carbonyl (C=O) groups is 1. The lowest BCUT2D eigenvalue weighted by Gasteiger charge is -2.31. The van der Waals surface area contributed by atoms with Crippen molar-refractivity contribution < 1.29 is 18.7 Å². The van der Waals surface area contributed by atoms with Gasteiger partial charge in [-0.1, -0.05) is 18.5 Å². The maximum absolute atomic E-state index is 15.1. The molecule has 0 saturated carbocycles. The number of rotatable bonds is 3. The largest absolute Gasteiger partial charge is 0.396 e. The van der Waals surface area contributed by atoms with Crippen LogP contribution in [-0.4, -0.2) is 39.2 Å². The van der Waals surface area contributed by atoms with E-state index < -0.39 is 20.1 Å². The van der Waals surface area contributed by atoms with Crippen LogP contribution in [0.4, 0.5) is 9.80 Å². The Kier molecular flexibility index (Phi) is 4.31. The Hall–Kier alpha value is -0.953. The molecule has 4 nitrogen and oxygen atoms in total. The fraction of sp³-hybridized carbons (Fsp3) is 0.588. The predicted octanol–water partition coefficient (Wildman–Crippen LogP) is 3.47. The third kappa shape index (κ3) is 2.35. The van der Waals surface area contributed by atoms with E-state index in [9.17, 15) is 9.90 Å². The van der Waals surface area contributed by atoms with E-state index in [1.165, 1.54) is 0 Å². The molecule has 24 heavy (non-hydrogen) atoms. The summed E-state index contributed by atoms with van der Waals surface area (Å²) in [6.07, 6.45) is -0.150. The monoisotopic (exact) mass is 371 g/mol. The standard InChI is InChI=1S/C17H23ClFNO3Si/c1-10-15(24(3,4)19)14(7-8-21)23-17(10)12-9-11(18)5-6-13(12)20(2)16(17)22/h5-6,9-10,14-15,21H,7-8H2,1-4H3/t10-,14+,15-,17+/m0/s1. The molecular formula is C17H23ClFNO3Si. The molecular weight excluding hydrogens is 349 g/mol. The van der Waals surface area contributed by atoms with Crippen molar-refractivity contribution in [1.82, 2.24) is 0 Å².